The van der Waals surface area contributed by atoms with E-state index < -0.39 is 0 Å². The normalized spacial score (nSPS) is 16.4. The van der Waals surface area contributed by atoms with Gasteiger partial charge in [-0.3, -0.25) is 4.79 Å². The summed E-state index contributed by atoms with van der Waals surface area (Å²) in [4.78, 5) is 18.2. The topological polar surface area (TPSA) is 56.3 Å². The minimum atomic E-state index is -0.374. The Hall–Kier alpha value is -2.79. The van der Waals surface area contributed by atoms with Crippen molar-refractivity contribution < 1.29 is 5.11 Å². The Bertz CT molecular complexity index is 1370. The van der Waals surface area contributed by atoms with Gasteiger partial charge in [0.15, 0.2) is 0 Å². The second-order valence-electron chi connectivity index (χ2n) is 8.02. The number of H-pyrrole nitrogens is 1. The monoisotopic (exact) mass is 450 g/mol. The highest BCUT2D eigenvalue weighted by Gasteiger charge is 2.28. The van der Waals surface area contributed by atoms with Crippen molar-refractivity contribution in [2.45, 2.75) is 12.5 Å². The van der Waals surface area contributed by atoms with E-state index in [0.717, 1.165) is 17.7 Å². The smallest absolute Gasteiger partial charge is 0.260 e. The third-order valence-corrected chi connectivity index (χ3v) is 6.50. The molecule has 0 amide bonds. The number of rotatable bonds is 2. The van der Waals surface area contributed by atoms with Crippen LogP contribution in [0.15, 0.2) is 65.5 Å². The Morgan fingerprint density at radius 1 is 1.06 bits per heavy atom. The summed E-state index contributed by atoms with van der Waals surface area (Å²) in [5, 5.41) is 12.2. The van der Waals surface area contributed by atoms with E-state index in [4.69, 9.17) is 23.2 Å². The van der Waals surface area contributed by atoms with Gasteiger partial charge in [0.05, 0.1) is 21.5 Å². The van der Waals surface area contributed by atoms with E-state index in [1.165, 1.54) is 11.1 Å². The van der Waals surface area contributed by atoms with Gasteiger partial charge < -0.3 is 15.0 Å². The van der Waals surface area contributed by atoms with E-state index in [2.05, 4.69) is 35.1 Å². The van der Waals surface area contributed by atoms with E-state index >= 15 is 0 Å². The molecular weight excluding hydrogens is 431 g/mol. The number of hydrogen-bond acceptors (Lipinski definition) is 3. The number of halogens is 2. The van der Waals surface area contributed by atoms with Crippen molar-refractivity contribution in [1.82, 2.24) is 9.88 Å². The van der Waals surface area contributed by atoms with Crippen molar-refractivity contribution in [3.05, 3.63) is 97.8 Å². The number of pyridine rings is 1. The summed E-state index contributed by atoms with van der Waals surface area (Å²) in [6.45, 7) is 1.56. The molecule has 6 heteroatoms. The maximum atomic E-state index is 13.1. The number of aromatic amines is 1. The number of nitrogens with one attached hydrogen (secondary N) is 1. The number of aromatic nitrogens is 1. The molecule has 2 N–H and O–H groups in total. The molecule has 4 aromatic rings. The van der Waals surface area contributed by atoms with Crippen LogP contribution in [0.3, 0.4) is 0 Å². The quantitative estimate of drug-likeness (QED) is 0.406. The summed E-state index contributed by atoms with van der Waals surface area (Å²) in [5.41, 5.74) is 4.42. The van der Waals surface area contributed by atoms with Crippen molar-refractivity contribution in [1.29, 1.82) is 0 Å². The minimum Gasteiger partial charge on any atom is -0.506 e. The molecule has 0 radical (unpaired) electrons. The highest BCUT2D eigenvalue weighted by atomic mass is 35.5. The fourth-order valence-corrected chi connectivity index (χ4v) is 5.22. The second-order valence-corrected chi connectivity index (χ2v) is 8.86. The van der Waals surface area contributed by atoms with Gasteiger partial charge in [-0.15, -0.1) is 0 Å². The zero-order valence-corrected chi connectivity index (χ0v) is 18.3. The average Bonchev–Trinajstić information content (AvgIpc) is 2.73. The molecule has 0 saturated carbocycles. The van der Waals surface area contributed by atoms with Gasteiger partial charge in [0.2, 0.25) is 0 Å². The Labute approximate surface area is 189 Å². The Morgan fingerprint density at radius 2 is 1.84 bits per heavy atom. The molecular formula is C25H20Cl2N2O2. The third kappa shape index (κ3) is 3.41. The molecule has 0 aliphatic carbocycles. The zero-order valence-electron chi connectivity index (χ0n) is 16.8. The third-order valence-electron chi connectivity index (χ3n) is 5.99. The van der Waals surface area contributed by atoms with Crippen LogP contribution in [0, 0.1) is 0 Å². The largest absolute Gasteiger partial charge is 0.506 e. The summed E-state index contributed by atoms with van der Waals surface area (Å²) in [6.07, 6.45) is 0. The van der Waals surface area contributed by atoms with Crippen molar-refractivity contribution in [2.75, 3.05) is 13.6 Å². The van der Waals surface area contributed by atoms with Gasteiger partial charge in [0.25, 0.3) is 5.56 Å². The molecule has 31 heavy (non-hydrogen) atoms. The molecule has 1 aliphatic rings. The summed E-state index contributed by atoms with van der Waals surface area (Å²) in [5.74, 6) is 0.0530. The number of aromatic hydroxyl groups is 1. The summed E-state index contributed by atoms with van der Waals surface area (Å²) in [7, 11) is 2.07. The van der Waals surface area contributed by atoms with Crippen LogP contribution in [0.4, 0.5) is 0 Å². The van der Waals surface area contributed by atoms with E-state index in [1.54, 1.807) is 12.1 Å². The Morgan fingerprint density at radius 3 is 2.61 bits per heavy atom. The summed E-state index contributed by atoms with van der Waals surface area (Å²) in [6, 6.07) is 19.5. The fraction of sp³-hybridized carbons (Fsp3) is 0.160. The number of fused-ring (bicyclic) bond motifs is 2. The second kappa shape index (κ2) is 7.72. The van der Waals surface area contributed by atoms with Gasteiger partial charge >= 0.3 is 0 Å². The molecule has 1 atom stereocenters. The molecule has 4 nitrogen and oxygen atoms in total. The minimum absolute atomic E-state index is 0.127. The lowest BCUT2D eigenvalue weighted by Gasteiger charge is -2.34. The maximum absolute atomic E-state index is 13.1. The van der Waals surface area contributed by atoms with Crippen LogP contribution >= 0.6 is 23.2 Å². The van der Waals surface area contributed by atoms with Crippen LogP contribution in [0.25, 0.3) is 22.0 Å². The van der Waals surface area contributed by atoms with Crippen LogP contribution in [0.5, 0.6) is 5.75 Å². The Kier molecular flexibility index (Phi) is 5.01. The summed E-state index contributed by atoms with van der Waals surface area (Å²) >= 11 is 12.5. The van der Waals surface area contributed by atoms with Crippen LogP contribution < -0.4 is 5.56 Å². The molecule has 0 fully saturated rings. The van der Waals surface area contributed by atoms with E-state index in [-0.39, 0.29) is 22.8 Å². The lowest BCUT2D eigenvalue weighted by molar-refractivity contribution is 0.295. The number of nitrogens with zero attached hydrogens (tertiary/aromatic N) is 1. The molecule has 0 saturated heterocycles. The first-order valence-corrected chi connectivity index (χ1v) is 10.8. The van der Waals surface area contributed by atoms with Gasteiger partial charge in [-0.2, -0.15) is 0 Å². The van der Waals surface area contributed by atoms with Gasteiger partial charge in [-0.05, 0) is 41.4 Å². The van der Waals surface area contributed by atoms with Crippen LogP contribution in [0.1, 0.15) is 22.6 Å². The molecule has 0 spiro atoms. The van der Waals surface area contributed by atoms with Gasteiger partial charge in [0, 0.05) is 24.0 Å². The lowest BCUT2D eigenvalue weighted by atomic mass is 9.81. The van der Waals surface area contributed by atoms with E-state index in [1.807, 2.05) is 30.3 Å². The predicted molar refractivity (Wildman–Crippen MR) is 126 cm³/mol. The zero-order chi connectivity index (χ0) is 21.7. The van der Waals surface area contributed by atoms with E-state index in [9.17, 15) is 9.90 Å². The lowest BCUT2D eigenvalue weighted by Crippen LogP contribution is -2.31. The van der Waals surface area contributed by atoms with Crippen molar-refractivity contribution in [3.8, 4) is 16.9 Å². The highest BCUT2D eigenvalue weighted by Crippen LogP contribution is 2.42. The van der Waals surface area contributed by atoms with Gasteiger partial charge in [-0.25, -0.2) is 0 Å². The Balaban J connectivity index is 1.77. The standard InChI is InChI=1S/C25H20Cl2N2O2/c1-29-12-18(14-6-3-2-4-7-14)16-8-5-9-17(19(16)13-29)22-24(30)23-20(27)10-15(26)11-21(23)28-25(22)31/h2-11,18H,12-13H2,1H3,(H2,28,30,31)/t18-/m0/s1. The molecule has 1 aromatic heterocycles. The van der Waals surface area contributed by atoms with E-state index in [0.29, 0.717) is 27.5 Å². The first-order chi connectivity index (χ1) is 14.9. The maximum Gasteiger partial charge on any atom is 0.260 e. The molecule has 5 rings (SSSR count). The van der Waals surface area contributed by atoms with Gasteiger partial charge in [0.1, 0.15) is 5.75 Å². The van der Waals surface area contributed by atoms with Crippen molar-refractivity contribution in [3.63, 3.8) is 0 Å². The van der Waals surface area contributed by atoms with Crippen LogP contribution in [0.2, 0.25) is 10.0 Å². The number of likely N-dealkylation sites (N-methyl/N-ethyl adjacent to an activating group) is 1. The summed E-state index contributed by atoms with van der Waals surface area (Å²) < 4.78 is 0. The molecule has 0 unspecified atom stereocenters. The molecule has 156 valence electrons. The van der Waals surface area contributed by atoms with Crippen molar-refractivity contribution >= 4 is 34.1 Å². The van der Waals surface area contributed by atoms with Crippen molar-refractivity contribution in [2.24, 2.45) is 0 Å². The predicted octanol–water partition coefficient (Wildman–Crippen LogP) is 5.78. The van der Waals surface area contributed by atoms with Crippen LogP contribution in [-0.2, 0) is 6.54 Å². The van der Waals surface area contributed by atoms with Gasteiger partial charge in [-0.1, -0.05) is 71.7 Å². The van der Waals surface area contributed by atoms with Crippen LogP contribution in [-0.4, -0.2) is 28.6 Å². The fourth-order valence-electron chi connectivity index (χ4n) is 4.64. The molecule has 0 bridgehead atoms. The number of hydrogen-bond donors (Lipinski definition) is 2. The number of benzene rings is 3. The highest BCUT2D eigenvalue weighted by molar-refractivity contribution is 6.39. The first kappa shape index (κ1) is 20.1. The first-order valence-electron chi connectivity index (χ1n) is 10.0. The molecule has 2 heterocycles. The SMILES string of the molecule is CN1Cc2c(-c3c(O)c4c(Cl)cc(Cl)cc4[nH]c3=O)cccc2[C@H](c2ccccc2)C1. The average molecular weight is 451 g/mol. The molecule has 1 aliphatic heterocycles. The molecule has 3 aromatic carbocycles.